The summed E-state index contributed by atoms with van der Waals surface area (Å²) in [6, 6.07) is 8.25. The maximum absolute atomic E-state index is 14.5. The number of rotatable bonds is 7. The second kappa shape index (κ2) is 13.9. The quantitative estimate of drug-likeness (QED) is 0.513. The number of ether oxygens (including phenoxy) is 2. The van der Waals surface area contributed by atoms with Gasteiger partial charge in [0.2, 0.25) is 17.7 Å². The number of amides is 2. The average molecular weight is 609 g/mol. The molecule has 11 heteroatoms. The molecule has 4 aliphatic heterocycles. The molecule has 0 radical (unpaired) electrons. The van der Waals surface area contributed by atoms with Gasteiger partial charge in [-0.1, -0.05) is 12.1 Å². The molecule has 5 heterocycles. The molecule has 0 saturated carbocycles. The van der Waals surface area contributed by atoms with Crippen molar-refractivity contribution in [3.63, 3.8) is 0 Å². The molecule has 1 aromatic heterocycles. The zero-order chi connectivity index (χ0) is 30.6. The number of pyridine rings is 1. The lowest BCUT2D eigenvalue weighted by molar-refractivity contribution is -0.137. The Morgan fingerprint density at radius 2 is 1.82 bits per heavy atom. The molecular weight excluding hydrogens is 563 g/mol. The molecule has 1 aromatic carbocycles. The molecule has 1 N–H and O–H groups in total. The number of carbonyl (C=O) groups is 2. The van der Waals surface area contributed by atoms with Gasteiger partial charge in [-0.25, -0.2) is 9.37 Å². The summed E-state index contributed by atoms with van der Waals surface area (Å²) in [5.74, 6) is -0.124. The Labute approximate surface area is 259 Å². The van der Waals surface area contributed by atoms with E-state index in [1.165, 1.54) is 12.1 Å². The highest BCUT2D eigenvalue weighted by atomic mass is 19.1. The molecule has 6 rings (SSSR count). The molecule has 238 valence electrons. The minimum atomic E-state index is -0.756. The zero-order valence-electron chi connectivity index (χ0n) is 25.9. The second-order valence-corrected chi connectivity index (χ2v) is 12.8. The van der Waals surface area contributed by atoms with Crippen molar-refractivity contribution in [2.24, 2.45) is 0 Å². The van der Waals surface area contributed by atoms with Crippen molar-refractivity contribution in [3.05, 3.63) is 53.5 Å². The third kappa shape index (κ3) is 7.06. The van der Waals surface area contributed by atoms with Gasteiger partial charge < -0.3 is 19.7 Å². The van der Waals surface area contributed by atoms with Crippen LogP contribution in [0.25, 0.3) is 0 Å². The number of likely N-dealkylation sites (tertiary alicyclic amines) is 1. The third-order valence-corrected chi connectivity index (χ3v) is 9.40. The number of anilines is 1. The van der Waals surface area contributed by atoms with Gasteiger partial charge in [-0.05, 0) is 68.9 Å². The fourth-order valence-corrected chi connectivity index (χ4v) is 6.87. The number of fused-ring (bicyclic) bond motifs is 1. The first-order valence-electron chi connectivity index (χ1n) is 16.1. The first kappa shape index (κ1) is 30.9. The van der Waals surface area contributed by atoms with Crippen LogP contribution in [0.3, 0.4) is 0 Å². The van der Waals surface area contributed by atoms with Gasteiger partial charge in [0.05, 0.1) is 19.8 Å². The summed E-state index contributed by atoms with van der Waals surface area (Å²) in [6.45, 7) is 10.7. The predicted octanol–water partition coefficient (Wildman–Crippen LogP) is 2.30. The molecule has 4 aliphatic rings. The minimum absolute atomic E-state index is 0.0694. The van der Waals surface area contributed by atoms with Crippen molar-refractivity contribution < 1.29 is 23.5 Å². The van der Waals surface area contributed by atoms with E-state index in [4.69, 9.17) is 9.47 Å². The van der Waals surface area contributed by atoms with E-state index in [9.17, 15) is 14.0 Å². The lowest BCUT2D eigenvalue weighted by atomic mass is 10.0. The number of piperidine rings is 1. The van der Waals surface area contributed by atoms with Crippen LogP contribution >= 0.6 is 0 Å². The van der Waals surface area contributed by atoms with Gasteiger partial charge in [-0.3, -0.25) is 24.3 Å². The van der Waals surface area contributed by atoms with Crippen LogP contribution in [-0.4, -0.2) is 121 Å². The van der Waals surface area contributed by atoms with Crippen LogP contribution in [0, 0.1) is 5.82 Å². The Morgan fingerprint density at radius 1 is 1.02 bits per heavy atom. The molecule has 1 unspecified atom stereocenters. The van der Waals surface area contributed by atoms with E-state index in [1.54, 1.807) is 23.2 Å². The fourth-order valence-electron chi connectivity index (χ4n) is 6.87. The van der Waals surface area contributed by atoms with Crippen molar-refractivity contribution in [1.82, 2.24) is 25.0 Å². The molecular formula is C33H45FN6O4. The first-order chi connectivity index (χ1) is 21.4. The summed E-state index contributed by atoms with van der Waals surface area (Å²) in [7, 11) is 0. The van der Waals surface area contributed by atoms with Gasteiger partial charge in [-0.15, -0.1) is 0 Å². The average Bonchev–Trinajstić information content (AvgIpc) is 3.04. The van der Waals surface area contributed by atoms with Gasteiger partial charge in [-0.2, -0.15) is 0 Å². The Morgan fingerprint density at radius 3 is 2.59 bits per heavy atom. The predicted molar refractivity (Wildman–Crippen MR) is 165 cm³/mol. The topological polar surface area (TPSA) is 90.5 Å². The highest BCUT2D eigenvalue weighted by molar-refractivity contribution is 6.03. The summed E-state index contributed by atoms with van der Waals surface area (Å²) in [6.07, 6.45) is 5.29. The van der Waals surface area contributed by atoms with Gasteiger partial charge in [0.25, 0.3) is 0 Å². The normalized spacial score (nSPS) is 26.6. The van der Waals surface area contributed by atoms with E-state index in [0.717, 1.165) is 63.2 Å². The molecule has 44 heavy (non-hydrogen) atoms. The number of piperazine rings is 1. The van der Waals surface area contributed by atoms with Crippen LogP contribution < -0.4 is 15.0 Å². The van der Waals surface area contributed by atoms with Gasteiger partial charge in [0.15, 0.2) is 0 Å². The third-order valence-electron chi connectivity index (χ3n) is 9.40. The zero-order valence-corrected chi connectivity index (χ0v) is 25.9. The smallest absolute Gasteiger partial charge is 0.249 e. The fraction of sp³-hybridized carbons (Fsp3) is 0.606. The van der Waals surface area contributed by atoms with Gasteiger partial charge >= 0.3 is 0 Å². The molecule has 0 bridgehead atoms. The Hall–Kier alpha value is -3.12. The number of nitrogens with zero attached hydrogens (tertiary/aromatic N) is 5. The molecule has 2 amide bonds. The maximum atomic E-state index is 14.5. The molecule has 3 saturated heterocycles. The number of carbonyl (C=O) groups excluding carboxylic acids is 2. The molecule has 4 atom stereocenters. The first-order valence-corrected chi connectivity index (χ1v) is 16.1. The van der Waals surface area contributed by atoms with Crippen molar-refractivity contribution in [2.45, 2.75) is 63.7 Å². The van der Waals surface area contributed by atoms with Crippen LogP contribution in [0.4, 0.5) is 10.1 Å². The lowest BCUT2D eigenvalue weighted by Gasteiger charge is -2.45. The van der Waals surface area contributed by atoms with E-state index in [2.05, 4.69) is 33.9 Å². The number of halogens is 1. The highest BCUT2D eigenvalue weighted by Crippen LogP contribution is 2.35. The van der Waals surface area contributed by atoms with Crippen LogP contribution in [0.5, 0.6) is 5.88 Å². The summed E-state index contributed by atoms with van der Waals surface area (Å²) < 4.78 is 25.2. The molecule has 2 aromatic rings. The minimum Gasteiger partial charge on any atom is -0.473 e. The van der Waals surface area contributed by atoms with Crippen LogP contribution in [0.1, 0.15) is 44.2 Å². The van der Waals surface area contributed by atoms with Crippen molar-refractivity contribution in [3.8, 4) is 5.88 Å². The largest absolute Gasteiger partial charge is 0.473 e. The van der Waals surface area contributed by atoms with E-state index >= 15 is 0 Å². The van der Waals surface area contributed by atoms with Crippen molar-refractivity contribution in [2.75, 3.05) is 70.5 Å². The second-order valence-electron chi connectivity index (χ2n) is 12.8. The van der Waals surface area contributed by atoms with Crippen LogP contribution in [0.2, 0.25) is 0 Å². The lowest BCUT2D eigenvalue weighted by Crippen LogP contribution is -2.63. The Kier molecular flexibility index (Phi) is 9.75. The number of nitrogens with one attached hydrogen (secondary N) is 1. The summed E-state index contributed by atoms with van der Waals surface area (Å²) >= 11 is 0. The standard InChI is InChI=1S/C33H45FN6O4/c1-23-18-39(28(17-35-23)19-38-12-13-43-21-24(38)2)20-31(41)40-29-15-26(14-25-6-8-27(34)9-7-25)16-36-32(29)44-22-30(40)33(42)37-10-4-3-5-11-37/h6-9,15-16,23-24,28,30,35H,3-5,10-14,17-22H2,1-2H3/t23-,24-,28-,30?/m1/s1. The number of aromatic nitrogens is 1. The highest BCUT2D eigenvalue weighted by Gasteiger charge is 2.41. The maximum Gasteiger partial charge on any atom is 0.249 e. The molecule has 10 nitrogen and oxygen atoms in total. The SMILES string of the molecule is C[C@@H]1CN(CC(=O)N2c3cc(Cc4ccc(F)cc4)cnc3OCC2C(=O)N2CCCCC2)[C@@H](CN2CCOC[C@H]2C)CN1. The van der Waals surface area contributed by atoms with Crippen LogP contribution in [0.15, 0.2) is 36.5 Å². The molecule has 0 spiro atoms. The van der Waals surface area contributed by atoms with Crippen molar-refractivity contribution >= 4 is 17.5 Å². The van der Waals surface area contributed by atoms with E-state index in [0.29, 0.717) is 43.7 Å². The number of morpholine rings is 1. The van der Waals surface area contributed by atoms with E-state index < -0.39 is 6.04 Å². The van der Waals surface area contributed by atoms with Crippen molar-refractivity contribution in [1.29, 1.82) is 0 Å². The Balaban J connectivity index is 1.28. The number of hydrogen-bond acceptors (Lipinski definition) is 8. The number of hydrogen-bond donors (Lipinski definition) is 1. The summed E-state index contributed by atoms with van der Waals surface area (Å²) in [5.41, 5.74) is 2.31. The van der Waals surface area contributed by atoms with E-state index in [1.807, 2.05) is 11.0 Å². The van der Waals surface area contributed by atoms with E-state index in [-0.39, 0.29) is 42.9 Å². The summed E-state index contributed by atoms with van der Waals surface area (Å²) in [4.78, 5) is 41.3. The van der Waals surface area contributed by atoms with Gasteiger partial charge in [0, 0.05) is 63.6 Å². The van der Waals surface area contributed by atoms with Gasteiger partial charge in [0.1, 0.15) is 24.2 Å². The molecule has 3 fully saturated rings. The monoisotopic (exact) mass is 608 g/mol. The molecule has 0 aliphatic carbocycles. The van der Waals surface area contributed by atoms with Crippen LogP contribution in [-0.2, 0) is 20.7 Å². The Bertz CT molecular complexity index is 1310. The number of benzene rings is 1. The summed E-state index contributed by atoms with van der Waals surface area (Å²) in [5, 5.41) is 3.60.